The molecule has 0 bridgehead atoms. The van der Waals surface area contributed by atoms with Crippen molar-refractivity contribution in [3.05, 3.63) is 45.5 Å². The first-order valence-electron chi connectivity index (χ1n) is 5.49. The molecule has 0 saturated carbocycles. The molecule has 0 unspecified atom stereocenters. The van der Waals surface area contributed by atoms with Gasteiger partial charge in [-0.25, -0.2) is 4.98 Å². The third-order valence-corrected chi connectivity index (χ3v) is 4.46. The number of hydrogen-bond acceptors (Lipinski definition) is 3. The zero-order valence-corrected chi connectivity index (χ0v) is 12.6. The molecule has 18 heavy (non-hydrogen) atoms. The summed E-state index contributed by atoms with van der Waals surface area (Å²) in [7, 11) is 0. The average molecular weight is 367 g/mol. The number of hydrogen-bond donors (Lipinski definition) is 1. The van der Waals surface area contributed by atoms with Crippen LogP contribution in [0.3, 0.4) is 0 Å². The fourth-order valence-corrected chi connectivity index (χ4v) is 3.41. The van der Waals surface area contributed by atoms with E-state index < -0.39 is 0 Å². The third-order valence-electron chi connectivity index (χ3n) is 2.73. The number of aryl methyl sites for hydroxylation is 1. The van der Waals surface area contributed by atoms with Crippen molar-refractivity contribution >= 4 is 44.1 Å². The molecule has 0 amide bonds. The van der Waals surface area contributed by atoms with E-state index in [0.717, 1.165) is 24.4 Å². The molecule has 3 rings (SSSR count). The van der Waals surface area contributed by atoms with Crippen molar-refractivity contribution in [1.82, 2.24) is 4.98 Å². The van der Waals surface area contributed by atoms with Gasteiger partial charge >= 0.3 is 0 Å². The predicted octanol–water partition coefficient (Wildman–Crippen LogP) is 4.58. The molecule has 1 N–H and O–H groups in total. The Bertz CT molecular complexity index is 736. The lowest BCUT2D eigenvalue weighted by atomic mass is 10.2. The van der Waals surface area contributed by atoms with E-state index in [1.807, 2.05) is 18.2 Å². The normalized spacial score (nSPS) is 11.0. The fraction of sp³-hybridized carbons (Fsp3) is 0.0714. The minimum atomic E-state index is 0.284. The fourth-order valence-electron chi connectivity index (χ4n) is 1.83. The summed E-state index contributed by atoms with van der Waals surface area (Å²) in [5.41, 5.74) is 3.02. The molecule has 1 aromatic heterocycles. The Hall–Kier alpha value is -1.14. The molecule has 0 fully saturated rings. The maximum absolute atomic E-state index is 9.93. The molecule has 90 valence electrons. The lowest BCUT2D eigenvalue weighted by Crippen LogP contribution is -1.79. The van der Waals surface area contributed by atoms with Gasteiger partial charge in [0, 0.05) is 3.57 Å². The number of halogens is 1. The van der Waals surface area contributed by atoms with Crippen LogP contribution in [-0.2, 0) is 0 Å². The van der Waals surface area contributed by atoms with E-state index in [2.05, 4.69) is 46.6 Å². The maximum atomic E-state index is 9.93. The van der Waals surface area contributed by atoms with E-state index in [1.54, 1.807) is 17.4 Å². The Morgan fingerprint density at radius 3 is 2.83 bits per heavy atom. The highest BCUT2D eigenvalue weighted by Crippen LogP contribution is 2.36. The number of nitrogens with zero attached hydrogens (tertiary/aromatic N) is 1. The van der Waals surface area contributed by atoms with Crippen LogP contribution in [0.4, 0.5) is 0 Å². The van der Waals surface area contributed by atoms with E-state index >= 15 is 0 Å². The standard InChI is InChI=1S/C14H10INOS/c1-8-2-4-11-13(6-8)18-14(16-11)10-7-9(15)3-5-12(10)17/h2-7,17H,1H3. The number of fused-ring (bicyclic) bond motifs is 1. The number of thiazole rings is 1. The predicted molar refractivity (Wildman–Crippen MR) is 84.2 cm³/mol. The minimum Gasteiger partial charge on any atom is -0.507 e. The summed E-state index contributed by atoms with van der Waals surface area (Å²) in [5, 5.41) is 10.8. The first-order chi connectivity index (χ1) is 8.63. The lowest BCUT2D eigenvalue weighted by Gasteiger charge is -2.00. The number of phenolic OH excluding ortho intramolecular Hbond substituents is 1. The summed E-state index contributed by atoms with van der Waals surface area (Å²) in [5.74, 6) is 0.284. The second-order valence-corrected chi connectivity index (χ2v) is 6.43. The number of aromatic hydroxyl groups is 1. The molecule has 2 aromatic carbocycles. The van der Waals surface area contributed by atoms with Crippen LogP contribution in [0, 0.1) is 10.5 Å². The van der Waals surface area contributed by atoms with Crippen molar-refractivity contribution in [2.24, 2.45) is 0 Å². The van der Waals surface area contributed by atoms with Gasteiger partial charge in [0.2, 0.25) is 0 Å². The molecular weight excluding hydrogens is 357 g/mol. The Balaban J connectivity index is 2.22. The molecule has 0 aliphatic rings. The topological polar surface area (TPSA) is 33.1 Å². The van der Waals surface area contributed by atoms with Crippen molar-refractivity contribution in [3.8, 4) is 16.3 Å². The van der Waals surface area contributed by atoms with Crippen molar-refractivity contribution in [2.45, 2.75) is 6.92 Å². The maximum Gasteiger partial charge on any atom is 0.128 e. The zero-order chi connectivity index (χ0) is 12.7. The Morgan fingerprint density at radius 1 is 1.17 bits per heavy atom. The van der Waals surface area contributed by atoms with Gasteiger partial charge in [0.15, 0.2) is 0 Å². The third kappa shape index (κ3) is 2.10. The van der Waals surface area contributed by atoms with Crippen molar-refractivity contribution < 1.29 is 5.11 Å². The van der Waals surface area contributed by atoms with Gasteiger partial charge < -0.3 is 5.11 Å². The summed E-state index contributed by atoms with van der Waals surface area (Å²) in [6.45, 7) is 2.07. The van der Waals surface area contributed by atoms with Gasteiger partial charge in [0.05, 0.1) is 15.8 Å². The van der Waals surface area contributed by atoms with E-state index in [-0.39, 0.29) is 5.75 Å². The van der Waals surface area contributed by atoms with Crippen LogP contribution in [0.25, 0.3) is 20.8 Å². The van der Waals surface area contributed by atoms with Gasteiger partial charge in [0.25, 0.3) is 0 Å². The van der Waals surface area contributed by atoms with Crippen LogP contribution in [-0.4, -0.2) is 10.1 Å². The molecule has 0 spiro atoms. The first-order valence-corrected chi connectivity index (χ1v) is 7.39. The van der Waals surface area contributed by atoms with Crippen LogP contribution in [0.15, 0.2) is 36.4 Å². The van der Waals surface area contributed by atoms with Gasteiger partial charge in [-0.05, 0) is 65.4 Å². The molecule has 2 nitrogen and oxygen atoms in total. The van der Waals surface area contributed by atoms with E-state index in [1.165, 1.54) is 5.56 Å². The summed E-state index contributed by atoms with van der Waals surface area (Å²) in [6.07, 6.45) is 0. The lowest BCUT2D eigenvalue weighted by molar-refractivity contribution is 0.477. The number of benzene rings is 2. The van der Waals surface area contributed by atoms with Crippen molar-refractivity contribution in [3.63, 3.8) is 0 Å². The first kappa shape index (κ1) is 11.9. The minimum absolute atomic E-state index is 0.284. The molecule has 4 heteroatoms. The number of phenols is 1. The molecular formula is C14H10INOS. The van der Waals surface area contributed by atoms with Gasteiger partial charge in [0.1, 0.15) is 10.8 Å². The Morgan fingerprint density at radius 2 is 2.00 bits per heavy atom. The van der Waals surface area contributed by atoms with Crippen molar-refractivity contribution in [1.29, 1.82) is 0 Å². The van der Waals surface area contributed by atoms with Crippen LogP contribution in [0.1, 0.15) is 5.56 Å². The van der Waals surface area contributed by atoms with Crippen LogP contribution < -0.4 is 0 Å². The van der Waals surface area contributed by atoms with Crippen LogP contribution >= 0.6 is 33.9 Å². The van der Waals surface area contributed by atoms with Gasteiger partial charge in [-0.1, -0.05) is 6.07 Å². The Kier molecular flexibility index (Phi) is 2.99. The monoisotopic (exact) mass is 367 g/mol. The molecule has 0 radical (unpaired) electrons. The Labute approximate surface area is 122 Å². The quantitative estimate of drug-likeness (QED) is 0.639. The van der Waals surface area contributed by atoms with Gasteiger partial charge in [-0.2, -0.15) is 0 Å². The highest BCUT2D eigenvalue weighted by molar-refractivity contribution is 14.1. The van der Waals surface area contributed by atoms with Gasteiger partial charge in [-0.3, -0.25) is 0 Å². The summed E-state index contributed by atoms with van der Waals surface area (Å²) < 4.78 is 2.25. The SMILES string of the molecule is Cc1ccc2nc(-c3cc(I)ccc3O)sc2c1. The van der Waals surface area contributed by atoms with Gasteiger partial charge in [-0.15, -0.1) is 11.3 Å². The molecule has 1 heterocycles. The molecule has 0 atom stereocenters. The molecule has 0 saturated heterocycles. The molecule has 0 aliphatic heterocycles. The van der Waals surface area contributed by atoms with Crippen molar-refractivity contribution in [2.75, 3.05) is 0 Å². The average Bonchev–Trinajstić information content (AvgIpc) is 2.74. The highest BCUT2D eigenvalue weighted by atomic mass is 127. The van der Waals surface area contributed by atoms with Crippen LogP contribution in [0.2, 0.25) is 0 Å². The van der Waals surface area contributed by atoms with E-state index in [0.29, 0.717) is 0 Å². The molecule has 3 aromatic rings. The largest absolute Gasteiger partial charge is 0.507 e. The second kappa shape index (κ2) is 4.51. The van der Waals surface area contributed by atoms with E-state index in [9.17, 15) is 5.11 Å². The zero-order valence-electron chi connectivity index (χ0n) is 9.64. The number of aromatic nitrogens is 1. The van der Waals surface area contributed by atoms with Crippen LogP contribution in [0.5, 0.6) is 5.75 Å². The summed E-state index contributed by atoms with van der Waals surface area (Å²) >= 11 is 3.85. The second-order valence-electron chi connectivity index (χ2n) is 4.15. The molecule has 0 aliphatic carbocycles. The smallest absolute Gasteiger partial charge is 0.128 e. The number of rotatable bonds is 1. The summed E-state index contributed by atoms with van der Waals surface area (Å²) in [4.78, 5) is 4.58. The van der Waals surface area contributed by atoms with E-state index in [4.69, 9.17) is 0 Å². The summed E-state index contributed by atoms with van der Waals surface area (Å²) in [6, 6.07) is 11.8. The highest BCUT2D eigenvalue weighted by Gasteiger charge is 2.10.